The van der Waals surface area contributed by atoms with E-state index in [-0.39, 0.29) is 27.7 Å². The van der Waals surface area contributed by atoms with Crippen molar-refractivity contribution in [1.82, 2.24) is 4.98 Å². The van der Waals surface area contributed by atoms with E-state index >= 15 is 0 Å². The van der Waals surface area contributed by atoms with Crippen LogP contribution in [0, 0.1) is 5.82 Å². The van der Waals surface area contributed by atoms with Crippen LogP contribution in [0.15, 0.2) is 60.3 Å². The molecule has 4 rings (SSSR count). The lowest BCUT2D eigenvalue weighted by Gasteiger charge is -2.20. The second kappa shape index (κ2) is 9.60. The molecule has 0 saturated heterocycles. The van der Waals surface area contributed by atoms with Gasteiger partial charge in [0.2, 0.25) is 0 Å². The van der Waals surface area contributed by atoms with E-state index < -0.39 is 17.6 Å². The Morgan fingerprint density at radius 1 is 0.909 bits per heavy atom. The maximum Gasteiger partial charge on any atom is 0.258 e. The zero-order valence-electron chi connectivity index (χ0n) is 17.3. The van der Waals surface area contributed by atoms with Crippen LogP contribution in [-0.4, -0.2) is 16.8 Å². The molecule has 0 spiro atoms. The standard InChI is InChI=1S/C24H19Cl2FN4O2/c25-15-5-8-20(18(11-15)24(33)31-21-9-6-16(26)12-29-21)30-23(32)17-7-4-14(10-19(17)27)22(28)13-2-1-3-13/h4-12H,1-3,28H2,(H,30,32)(H,29,31,33). The summed E-state index contributed by atoms with van der Waals surface area (Å²) in [5, 5.41) is 5.90. The van der Waals surface area contributed by atoms with Gasteiger partial charge in [0.1, 0.15) is 11.6 Å². The van der Waals surface area contributed by atoms with Gasteiger partial charge in [-0.2, -0.15) is 0 Å². The van der Waals surface area contributed by atoms with Crippen molar-refractivity contribution in [1.29, 1.82) is 0 Å². The van der Waals surface area contributed by atoms with Gasteiger partial charge in [-0.05, 0) is 67.3 Å². The van der Waals surface area contributed by atoms with Gasteiger partial charge in [0.25, 0.3) is 11.8 Å². The first-order valence-electron chi connectivity index (χ1n) is 10.1. The third-order valence-electron chi connectivity index (χ3n) is 5.31. The van der Waals surface area contributed by atoms with Crippen LogP contribution in [0.25, 0.3) is 5.70 Å². The minimum Gasteiger partial charge on any atom is -0.398 e. The number of pyridine rings is 1. The third-order valence-corrected chi connectivity index (χ3v) is 5.76. The number of hydrogen-bond acceptors (Lipinski definition) is 4. The van der Waals surface area contributed by atoms with Crippen LogP contribution in [0.5, 0.6) is 0 Å². The number of hydrogen-bond donors (Lipinski definition) is 3. The molecule has 1 aliphatic rings. The summed E-state index contributed by atoms with van der Waals surface area (Å²) < 4.78 is 14.7. The van der Waals surface area contributed by atoms with Gasteiger partial charge >= 0.3 is 0 Å². The number of allylic oxidation sites excluding steroid dienone is 1. The molecule has 0 unspecified atom stereocenters. The molecule has 0 radical (unpaired) electrons. The van der Waals surface area contributed by atoms with Crippen LogP contribution in [0.2, 0.25) is 10.0 Å². The number of nitrogens with zero attached hydrogens (tertiary/aromatic N) is 1. The summed E-state index contributed by atoms with van der Waals surface area (Å²) in [4.78, 5) is 29.6. The molecule has 0 aliphatic heterocycles. The Hall–Kier alpha value is -3.42. The quantitative estimate of drug-likeness (QED) is 0.420. The van der Waals surface area contributed by atoms with Gasteiger partial charge in [-0.3, -0.25) is 9.59 Å². The first-order valence-corrected chi connectivity index (χ1v) is 10.9. The third kappa shape index (κ3) is 5.16. The summed E-state index contributed by atoms with van der Waals surface area (Å²) in [5.41, 5.74) is 8.37. The van der Waals surface area contributed by atoms with Crippen LogP contribution >= 0.6 is 23.2 Å². The number of rotatable bonds is 5. The first-order chi connectivity index (χ1) is 15.8. The van der Waals surface area contributed by atoms with Crippen LogP contribution in [-0.2, 0) is 0 Å². The van der Waals surface area contributed by atoms with Gasteiger partial charge in [-0.25, -0.2) is 9.37 Å². The fraction of sp³-hybridized carbons (Fsp3) is 0.125. The Balaban J connectivity index is 1.56. The van der Waals surface area contributed by atoms with Gasteiger partial charge in [0.05, 0.1) is 21.8 Å². The maximum atomic E-state index is 14.7. The van der Waals surface area contributed by atoms with Crippen molar-refractivity contribution in [2.75, 3.05) is 10.6 Å². The van der Waals surface area contributed by atoms with E-state index in [2.05, 4.69) is 15.6 Å². The highest BCUT2D eigenvalue weighted by molar-refractivity contribution is 6.31. The van der Waals surface area contributed by atoms with Gasteiger partial charge in [0.15, 0.2) is 0 Å². The van der Waals surface area contributed by atoms with E-state index in [0.717, 1.165) is 24.8 Å². The number of halogens is 3. The van der Waals surface area contributed by atoms with E-state index in [1.54, 1.807) is 12.1 Å². The Bertz CT molecular complexity index is 1270. The molecule has 9 heteroatoms. The van der Waals surface area contributed by atoms with Gasteiger partial charge in [-0.15, -0.1) is 0 Å². The number of nitrogens with two attached hydrogens (primary N) is 1. The van der Waals surface area contributed by atoms with Gasteiger partial charge in [-0.1, -0.05) is 29.3 Å². The van der Waals surface area contributed by atoms with Crippen molar-refractivity contribution in [3.05, 3.63) is 92.9 Å². The summed E-state index contributed by atoms with van der Waals surface area (Å²) in [7, 11) is 0. The zero-order chi connectivity index (χ0) is 23.5. The van der Waals surface area contributed by atoms with Crippen LogP contribution in [0.1, 0.15) is 45.5 Å². The maximum absolute atomic E-state index is 14.7. The van der Waals surface area contributed by atoms with Gasteiger partial charge < -0.3 is 16.4 Å². The van der Waals surface area contributed by atoms with Crippen LogP contribution in [0.3, 0.4) is 0 Å². The Kier molecular flexibility index (Phi) is 6.62. The van der Waals surface area contributed by atoms with E-state index in [1.165, 1.54) is 42.6 Å². The summed E-state index contributed by atoms with van der Waals surface area (Å²) in [6.45, 7) is 0. The molecule has 1 aromatic heterocycles. The average Bonchev–Trinajstić information content (AvgIpc) is 2.75. The minimum absolute atomic E-state index is 0.0867. The first kappa shape index (κ1) is 22.8. The lowest BCUT2D eigenvalue weighted by Crippen LogP contribution is -2.19. The predicted molar refractivity (Wildman–Crippen MR) is 128 cm³/mol. The number of benzene rings is 2. The van der Waals surface area contributed by atoms with E-state index in [9.17, 15) is 14.0 Å². The van der Waals surface area contributed by atoms with E-state index in [1.807, 2.05) is 0 Å². The Labute approximate surface area is 199 Å². The summed E-state index contributed by atoms with van der Waals surface area (Å²) in [5.74, 6) is -1.71. The van der Waals surface area contributed by atoms with E-state index in [4.69, 9.17) is 28.9 Å². The second-order valence-corrected chi connectivity index (χ2v) is 8.40. The molecule has 1 saturated carbocycles. The van der Waals surface area contributed by atoms with Crippen molar-refractivity contribution in [3.8, 4) is 0 Å². The molecule has 33 heavy (non-hydrogen) atoms. The second-order valence-electron chi connectivity index (χ2n) is 7.53. The number of carbonyl (C=O) groups is 2. The normalized spacial score (nSPS) is 12.6. The van der Waals surface area contributed by atoms with Crippen LogP contribution in [0.4, 0.5) is 15.9 Å². The lowest BCUT2D eigenvalue weighted by molar-refractivity contribution is 0.102. The molecule has 0 atom stereocenters. The number of nitrogens with one attached hydrogen (secondary N) is 2. The number of carbonyl (C=O) groups excluding carboxylic acids is 2. The molecule has 3 aromatic rings. The molecule has 4 N–H and O–H groups in total. The summed E-state index contributed by atoms with van der Waals surface area (Å²) in [6, 6.07) is 11.7. The molecule has 1 heterocycles. The number of anilines is 2. The SMILES string of the molecule is NC(=C1CCC1)c1ccc(C(=O)Nc2ccc(Cl)cc2C(=O)Nc2ccc(Cl)cn2)c(F)c1. The minimum atomic E-state index is -0.713. The molecule has 1 aliphatic carbocycles. The molecule has 0 bridgehead atoms. The summed E-state index contributed by atoms with van der Waals surface area (Å²) in [6.07, 6.45) is 4.27. The molecular weight excluding hydrogens is 466 g/mol. The highest BCUT2D eigenvalue weighted by Crippen LogP contribution is 2.31. The average molecular weight is 485 g/mol. The lowest BCUT2D eigenvalue weighted by atomic mass is 9.88. The van der Waals surface area contributed by atoms with Crippen molar-refractivity contribution >= 4 is 52.2 Å². The zero-order valence-corrected chi connectivity index (χ0v) is 18.8. The summed E-state index contributed by atoms with van der Waals surface area (Å²) >= 11 is 11.9. The topological polar surface area (TPSA) is 97.1 Å². The molecule has 2 aromatic carbocycles. The number of amides is 2. The van der Waals surface area contributed by atoms with Crippen molar-refractivity contribution in [3.63, 3.8) is 0 Å². The molecule has 6 nitrogen and oxygen atoms in total. The predicted octanol–water partition coefficient (Wildman–Crippen LogP) is 5.89. The monoisotopic (exact) mass is 484 g/mol. The molecular formula is C24H19Cl2FN4O2. The van der Waals surface area contributed by atoms with Crippen LogP contribution < -0.4 is 16.4 Å². The van der Waals surface area contributed by atoms with Crippen molar-refractivity contribution in [2.24, 2.45) is 5.73 Å². The molecule has 1 fully saturated rings. The smallest absolute Gasteiger partial charge is 0.258 e. The molecule has 2 amide bonds. The van der Waals surface area contributed by atoms with E-state index in [0.29, 0.717) is 16.3 Å². The van der Waals surface area contributed by atoms with Crippen molar-refractivity contribution < 1.29 is 14.0 Å². The fourth-order valence-electron chi connectivity index (χ4n) is 3.33. The van der Waals surface area contributed by atoms with Crippen molar-refractivity contribution in [2.45, 2.75) is 19.3 Å². The van der Waals surface area contributed by atoms with Gasteiger partial charge in [0, 0.05) is 22.5 Å². The largest absolute Gasteiger partial charge is 0.398 e. The number of aromatic nitrogens is 1. The molecule has 168 valence electrons. The Morgan fingerprint density at radius 3 is 2.27 bits per heavy atom. The Morgan fingerprint density at radius 2 is 1.64 bits per heavy atom. The highest BCUT2D eigenvalue weighted by atomic mass is 35.5. The highest BCUT2D eigenvalue weighted by Gasteiger charge is 2.20. The fourth-order valence-corrected chi connectivity index (χ4v) is 3.61.